The SMILES string of the molecule is O=C(NC[C@@H]1CCC(NC(=O)OCc2ccccc2)[C@@H](OC2C3OC4(CCCCC4)O[C@H]3[C@H](NC(=O)OCc3ccccc3)C[C@@H]2NC(=O)OCc2ccccc2)O1)OCc1ccccc1. The lowest BCUT2D eigenvalue weighted by molar-refractivity contribution is -0.257. The van der Waals surface area contributed by atoms with Gasteiger partial charge in [-0.1, -0.05) is 128 Å². The van der Waals surface area contributed by atoms with E-state index in [1.54, 1.807) is 0 Å². The lowest BCUT2D eigenvalue weighted by Crippen LogP contribution is -2.66. The molecule has 4 aromatic carbocycles. The molecule has 4 aliphatic rings. The van der Waals surface area contributed by atoms with Gasteiger partial charge in [0.05, 0.1) is 24.2 Å². The van der Waals surface area contributed by atoms with Gasteiger partial charge in [-0.2, -0.15) is 0 Å². The van der Waals surface area contributed by atoms with Crippen molar-refractivity contribution in [3.05, 3.63) is 144 Å². The Labute approximate surface area is 384 Å². The number of hydrogen-bond acceptors (Lipinski definition) is 12. The monoisotopic (exact) mass is 906 g/mol. The predicted octanol–water partition coefficient (Wildman–Crippen LogP) is 7.54. The predicted molar refractivity (Wildman–Crippen MR) is 238 cm³/mol. The maximum Gasteiger partial charge on any atom is 0.407 e. The second-order valence-corrected chi connectivity index (χ2v) is 17.1. The fraction of sp³-hybridized carbons (Fsp3) is 0.440. The highest BCUT2D eigenvalue weighted by atomic mass is 16.8. The van der Waals surface area contributed by atoms with Crippen LogP contribution >= 0.6 is 0 Å². The Morgan fingerprint density at radius 2 is 0.955 bits per heavy atom. The molecule has 2 heterocycles. The summed E-state index contributed by atoms with van der Waals surface area (Å²) in [7, 11) is 0. The van der Waals surface area contributed by atoms with Crippen molar-refractivity contribution in [3.8, 4) is 0 Å². The van der Waals surface area contributed by atoms with Crippen molar-refractivity contribution in [2.24, 2.45) is 0 Å². The first-order valence-electron chi connectivity index (χ1n) is 22.8. The molecule has 16 nitrogen and oxygen atoms in total. The maximum atomic E-state index is 13.7. The zero-order valence-electron chi connectivity index (χ0n) is 36.8. The Balaban J connectivity index is 1.03. The molecule has 2 saturated heterocycles. The van der Waals surface area contributed by atoms with Gasteiger partial charge in [0, 0.05) is 19.4 Å². The minimum absolute atomic E-state index is 0.0124. The molecule has 66 heavy (non-hydrogen) atoms. The molecule has 8 atom stereocenters. The van der Waals surface area contributed by atoms with Gasteiger partial charge in [-0.15, -0.1) is 0 Å². The number of fused-ring (bicyclic) bond motifs is 1. The van der Waals surface area contributed by atoms with Crippen LogP contribution in [0.2, 0.25) is 0 Å². The van der Waals surface area contributed by atoms with Gasteiger partial charge < -0.3 is 59.2 Å². The molecule has 0 bridgehead atoms. The fourth-order valence-electron chi connectivity index (χ4n) is 8.92. The quantitative estimate of drug-likeness (QED) is 0.0860. The molecule has 2 aliphatic heterocycles. The molecular formula is C50H58N4O12. The molecule has 1 spiro atoms. The first-order valence-corrected chi connectivity index (χ1v) is 22.8. The minimum Gasteiger partial charge on any atom is -0.445 e. The molecule has 4 N–H and O–H groups in total. The highest BCUT2D eigenvalue weighted by Gasteiger charge is 2.59. The van der Waals surface area contributed by atoms with Gasteiger partial charge in [0.25, 0.3) is 0 Å². The molecule has 2 saturated carbocycles. The van der Waals surface area contributed by atoms with Gasteiger partial charge in [-0.05, 0) is 54.4 Å². The summed E-state index contributed by atoms with van der Waals surface area (Å²) >= 11 is 0. The number of amides is 4. The standard InChI is InChI=1S/C50H58N4O12/c55-46(59-30-34-16-6-1-7-17-34)51-29-38-24-25-39(52-47(56)60-31-35-18-8-2-9-19-35)45(63-38)64-42-40(53-48(57)61-32-36-20-10-3-11-21-36)28-41(54-49(58)62-33-37-22-12-4-13-23-37)43-44(42)66-50(65-43)26-14-5-15-27-50/h1-4,6-13,16-23,38-45H,5,14-15,24-33H2,(H,51,55)(H,52,56)(H,53,57)(H,54,58)/t38-,39?,40-,41+,42?,43-,44?,45+/m0/s1. The van der Waals surface area contributed by atoms with Gasteiger partial charge >= 0.3 is 24.4 Å². The van der Waals surface area contributed by atoms with Crippen LogP contribution in [0.25, 0.3) is 0 Å². The largest absolute Gasteiger partial charge is 0.445 e. The summed E-state index contributed by atoms with van der Waals surface area (Å²) in [5.41, 5.74) is 3.27. The van der Waals surface area contributed by atoms with E-state index in [2.05, 4.69) is 21.3 Å². The van der Waals surface area contributed by atoms with Crippen LogP contribution in [-0.4, -0.2) is 85.5 Å². The van der Waals surface area contributed by atoms with Crippen LogP contribution < -0.4 is 21.3 Å². The Kier molecular flexibility index (Phi) is 16.0. The van der Waals surface area contributed by atoms with Gasteiger partial charge in [0.2, 0.25) is 0 Å². The molecule has 16 heteroatoms. The third-order valence-corrected chi connectivity index (χ3v) is 12.2. The highest BCUT2D eigenvalue weighted by molar-refractivity contribution is 5.69. The summed E-state index contributed by atoms with van der Waals surface area (Å²) < 4.78 is 49.8. The van der Waals surface area contributed by atoms with Gasteiger partial charge in [-0.25, -0.2) is 19.2 Å². The van der Waals surface area contributed by atoms with Crippen LogP contribution in [-0.2, 0) is 64.3 Å². The van der Waals surface area contributed by atoms with Gasteiger partial charge in [0.1, 0.15) is 44.7 Å². The van der Waals surface area contributed by atoms with Crippen LogP contribution in [0.5, 0.6) is 0 Å². The smallest absolute Gasteiger partial charge is 0.407 e. The van der Waals surface area contributed by atoms with Gasteiger partial charge in [0.15, 0.2) is 12.1 Å². The average Bonchev–Trinajstić information content (AvgIpc) is 3.72. The summed E-state index contributed by atoms with van der Waals surface area (Å²) in [5, 5.41) is 11.8. The van der Waals surface area contributed by atoms with E-state index in [0.29, 0.717) is 25.7 Å². The fourth-order valence-corrected chi connectivity index (χ4v) is 8.92. The van der Waals surface area contributed by atoms with E-state index < -0.39 is 79.0 Å². The normalized spacial score (nSPS) is 25.3. The lowest BCUT2D eigenvalue weighted by atomic mass is 9.83. The van der Waals surface area contributed by atoms with Crippen LogP contribution in [0.1, 0.15) is 73.6 Å². The maximum absolute atomic E-state index is 13.7. The molecule has 4 aromatic rings. The van der Waals surface area contributed by atoms with Crippen molar-refractivity contribution in [1.29, 1.82) is 0 Å². The van der Waals surface area contributed by atoms with Crippen molar-refractivity contribution >= 4 is 24.4 Å². The first kappa shape index (κ1) is 46.3. The summed E-state index contributed by atoms with van der Waals surface area (Å²) in [6.45, 7) is 0.289. The van der Waals surface area contributed by atoms with Crippen molar-refractivity contribution in [2.45, 2.75) is 132 Å². The van der Waals surface area contributed by atoms with Crippen molar-refractivity contribution < 1.29 is 57.1 Å². The number of carbonyl (C=O) groups is 4. The Morgan fingerprint density at radius 3 is 1.45 bits per heavy atom. The Bertz CT molecular complexity index is 2170. The number of nitrogens with one attached hydrogen (secondary N) is 4. The van der Waals surface area contributed by atoms with E-state index in [1.165, 1.54) is 0 Å². The number of benzene rings is 4. The molecule has 4 fully saturated rings. The first-order chi connectivity index (χ1) is 32.3. The van der Waals surface area contributed by atoms with Gasteiger partial charge in [-0.3, -0.25) is 0 Å². The van der Waals surface area contributed by atoms with Crippen molar-refractivity contribution in [3.63, 3.8) is 0 Å². The van der Waals surface area contributed by atoms with E-state index >= 15 is 0 Å². The number of ether oxygens (including phenoxy) is 8. The summed E-state index contributed by atoms with van der Waals surface area (Å²) in [4.78, 5) is 53.4. The van der Waals surface area contributed by atoms with E-state index in [-0.39, 0.29) is 39.4 Å². The Morgan fingerprint density at radius 1 is 0.515 bits per heavy atom. The zero-order valence-corrected chi connectivity index (χ0v) is 36.8. The number of rotatable bonds is 15. The molecule has 3 unspecified atom stereocenters. The summed E-state index contributed by atoms with van der Waals surface area (Å²) in [6.07, 6.45) is -1.89. The molecule has 0 radical (unpaired) electrons. The van der Waals surface area contributed by atoms with E-state index in [1.807, 2.05) is 121 Å². The lowest BCUT2D eigenvalue weighted by Gasteiger charge is -2.45. The molecule has 350 valence electrons. The summed E-state index contributed by atoms with van der Waals surface area (Å²) in [6, 6.07) is 35.1. The van der Waals surface area contributed by atoms with E-state index in [9.17, 15) is 19.2 Å². The van der Waals surface area contributed by atoms with Crippen LogP contribution in [0, 0.1) is 0 Å². The van der Waals surface area contributed by atoms with Crippen LogP contribution in [0.4, 0.5) is 19.2 Å². The van der Waals surface area contributed by atoms with Crippen molar-refractivity contribution in [2.75, 3.05) is 6.54 Å². The molecule has 2 aliphatic carbocycles. The number of carbonyl (C=O) groups excluding carboxylic acids is 4. The molecule has 0 aromatic heterocycles. The van der Waals surface area contributed by atoms with E-state index in [0.717, 1.165) is 41.5 Å². The number of alkyl carbamates (subject to hydrolysis) is 4. The topological polar surface area (TPSA) is 190 Å². The van der Waals surface area contributed by atoms with Crippen molar-refractivity contribution in [1.82, 2.24) is 21.3 Å². The Hall–Kier alpha value is -6.20. The van der Waals surface area contributed by atoms with Crippen LogP contribution in [0.3, 0.4) is 0 Å². The number of hydrogen-bond donors (Lipinski definition) is 4. The molecular weight excluding hydrogens is 849 g/mol. The third-order valence-electron chi connectivity index (χ3n) is 12.2. The summed E-state index contributed by atoms with van der Waals surface area (Å²) in [5.74, 6) is -0.954. The zero-order chi connectivity index (χ0) is 45.6. The molecule has 8 rings (SSSR count). The highest BCUT2D eigenvalue weighted by Crippen LogP contribution is 2.46. The minimum atomic E-state index is -1.13. The average molecular weight is 907 g/mol. The third kappa shape index (κ3) is 13.0. The second kappa shape index (κ2) is 22.8. The van der Waals surface area contributed by atoms with Crippen LogP contribution in [0.15, 0.2) is 121 Å². The second-order valence-electron chi connectivity index (χ2n) is 17.1. The molecule has 4 amide bonds. The van der Waals surface area contributed by atoms with E-state index in [4.69, 9.17) is 37.9 Å².